The molecule has 4 aromatic rings. The minimum Gasteiger partial charge on any atom is -0.460 e. The lowest BCUT2D eigenvalue weighted by atomic mass is 10.0. The van der Waals surface area contributed by atoms with E-state index in [1.54, 1.807) is 49.4 Å². The Labute approximate surface area is 253 Å². The molecular formula is C33H34N4O5S. The number of anilines is 2. The molecule has 1 aromatic heterocycles. The maximum absolute atomic E-state index is 13.3. The summed E-state index contributed by atoms with van der Waals surface area (Å²) in [6.45, 7) is 6.69. The molecule has 0 saturated heterocycles. The second kappa shape index (κ2) is 13.2. The van der Waals surface area contributed by atoms with Crippen molar-refractivity contribution in [3.05, 3.63) is 107 Å². The Bertz CT molecular complexity index is 1680. The fourth-order valence-corrected chi connectivity index (χ4v) is 5.84. The average Bonchev–Trinajstić information content (AvgIpc) is 3.35. The Balaban J connectivity index is 1.45. The Hall–Kier alpha value is -4.54. The fourth-order valence-electron chi connectivity index (χ4n) is 5.27. The van der Waals surface area contributed by atoms with Crippen molar-refractivity contribution in [1.29, 1.82) is 0 Å². The van der Waals surface area contributed by atoms with Gasteiger partial charge >= 0.3 is 5.97 Å². The highest BCUT2D eigenvalue weighted by Crippen LogP contribution is 2.36. The molecule has 1 aliphatic rings. The van der Waals surface area contributed by atoms with Gasteiger partial charge in [-0.2, -0.15) is 0 Å². The van der Waals surface area contributed by atoms with Gasteiger partial charge in [0.15, 0.2) is 0 Å². The van der Waals surface area contributed by atoms with Crippen LogP contribution in [0.15, 0.2) is 89.9 Å². The number of carbonyl (C=O) groups excluding carboxylic acids is 2. The van der Waals surface area contributed by atoms with Crippen molar-refractivity contribution in [3.63, 3.8) is 0 Å². The number of nitrogens with zero attached hydrogens (tertiary/aromatic N) is 3. The zero-order chi connectivity index (χ0) is 30.5. The molecule has 0 fully saturated rings. The molecular weight excluding hydrogens is 564 g/mol. The first-order valence-corrected chi connectivity index (χ1v) is 15.3. The fraction of sp³-hybridized carbons (Fsp3) is 0.242. The zero-order valence-electron chi connectivity index (χ0n) is 24.3. The summed E-state index contributed by atoms with van der Waals surface area (Å²) < 4.78 is 30.9. The molecule has 3 aromatic carbocycles. The van der Waals surface area contributed by atoms with Crippen molar-refractivity contribution in [1.82, 2.24) is 4.57 Å². The Morgan fingerprint density at radius 1 is 1.02 bits per heavy atom. The van der Waals surface area contributed by atoms with E-state index in [2.05, 4.69) is 27.9 Å². The predicted molar refractivity (Wildman–Crippen MR) is 170 cm³/mol. The number of para-hydroxylation sites is 1. The first kappa shape index (κ1) is 29.9. The summed E-state index contributed by atoms with van der Waals surface area (Å²) >= 11 is -2.58. The van der Waals surface area contributed by atoms with Crippen LogP contribution in [0.25, 0.3) is 11.1 Å². The van der Waals surface area contributed by atoms with Gasteiger partial charge in [0.05, 0.1) is 18.3 Å². The topological polar surface area (TPSA) is 113 Å². The Morgan fingerprint density at radius 3 is 2.40 bits per heavy atom. The van der Waals surface area contributed by atoms with Gasteiger partial charge in [-0.25, -0.2) is 13.3 Å². The van der Waals surface area contributed by atoms with Crippen LogP contribution in [0.4, 0.5) is 11.5 Å². The van der Waals surface area contributed by atoms with Gasteiger partial charge in [-0.1, -0.05) is 74.0 Å². The van der Waals surface area contributed by atoms with E-state index in [-0.39, 0.29) is 18.5 Å². The van der Waals surface area contributed by atoms with Crippen LogP contribution in [0, 0.1) is 0 Å². The lowest BCUT2D eigenvalue weighted by Crippen LogP contribution is -2.32. The molecule has 0 spiro atoms. The van der Waals surface area contributed by atoms with Crippen molar-refractivity contribution in [2.45, 2.75) is 46.2 Å². The number of esters is 1. The predicted octanol–water partition coefficient (Wildman–Crippen LogP) is 6.39. The largest absolute Gasteiger partial charge is 0.460 e. The summed E-state index contributed by atoms with van der Waals surface area (Å²) in [4.78, 5) is 30.3. The van der Waals surface area contributed by atoms with Crippen LogP contribution < -0.4 is 9.62 Å². The molecule has 10 heteroatoms. The molecule has 2 atom stereocenters. The summed E-state index contributed by atoms with van der Waals surface area (Å²) in [5.74, 6) is -0.00815. The lowest BCUT2D eigenvalue weighted by Gasteiger charge is -2.22. The number of amides is 1. The number of rotatable bonds is 10. The summed E-state index contributed by atoms with van der Waals surface area (Å²) in [6.07, 6.45) is 1.83. The summed E-state index contributed by atoms with van der Waals surface area (Å²) in [5, 5.41) is 3.22. The number of aliphatic imine (C=N–C) groups is 1. The summed E-state index contributed by atoms with van der Waals surface area (Å²) in [7, 11) is 0. The SMILES string of the molecule is CCCc1cc2c(n1Cc1ccc(-c3ccccc3N(C(=O)c3ccccc3)S(=O)O)cc1)NC(C(=O)OCC)=NC2C. The van der Waals surface area contributed by atoms with Crippen LogP contribution >= 0.6 is 0 Å². The number of benzene rings is 3. The van der Waals surface area contributed by atoms with Crippen LogP contribution in [0.5, 0.6) is 0 Å². The highest BCUT2D eigenvalue weighted by Gasteiger charge is 2.28. The van der Waals surface area contributed by atoms with E-state index in [4.69, 9.17) is 4.74 Å². The van der Waals surface area contributed by atoms with E-state index in [0.717, 1.165) is 45.3 Å². The van der Waals surface area contributed by atoms with E-state index >= 15 is 0 Å². The number of amidine groups is 1. The second-order valence-electron chi connectivity index (χ2n) is 10.2. The molecule has 222 valence electrons. The van der Waals surface area contributed by atoms with E-state index in [0.29, 0.717) is 23.4 Å². The van der Waals surface area contributed by atoms with Crippen molar-refractivity contribution in [3.8, 4) is 11.1 Å². The number of hydrogen-bond donors (Lipinski definition) is 2. The third kappa shape index (κ3) is 6.30. The molecule has 2 heterocycles. The normalized spacial score (nSPS) is 14.7. The molecule has 9 nitrogen and oxygen atoms in total. The maximum atomic E-state index is 13.3. The molecule has 0 aliphatic carbocycles. The number of carbonyl (C=O) groups is 2. The van der Waals surface area contributed by atoms with Crippen molar-refractivity contribution < 1.29 is 23.1 Å². The average molecular weight is 599 g/mol. The van der Waals surface area contributed by atoms with Gasteiger partial charge in [-0.3, -0.25) is 14.3 Å². The highest BCUT2D eigenvalue weighted by molar-refractivity contribution is 7.81. The standard InChI is InChI=1S/C33H34N4O5S/c1-4-11-26-20-28-22(3)34-30(33(39)42-5-2)35-31(28)36(26)21-23-16-18-24(19-17-23)27-14-9-10-15-29(27)37(43(40)41)32(38)25-12-7-6-8-13-25/h6-10,12-20,22H,4-5,11,21H2,1-3H3,(H,34,35)(H,40,41). The van der Waals surface area contributed by atoms with Crippen LogP contribution in [0.1, 0.15) is 60.4 Å². The van der Waals surface area contributed by atoms with E-state index in [1.165, 1.54) is 0 Å². The molecule has 0 saturated carbocycles. The minimum atomic E-state index is -2.58. The molecule has 5 rings (SSSR count). The van der Waals surface area contributed by atoms with Crippen LogP contribution in [-0.2, 0) is 33.8 Å². The third-order valence-electron chi connectivity index (χ3n) is 7.29. The maximum Gasteiger partial charge on any atom is 0.374 e. The van der Waals surface area contributed by atoms with E-state index in [9.17, 15) is 18.4 Å². The Kier molecular flexibility index (Phi) is 9.18. The first-order valence-electron chi connectivity index (χ1n) is 14.2. The molecule has 1 amide bonds. The smallest absolute Gasteiger partial charge is 0.374 e. The quantitative estimate of drug-likeness (QED) is 0.162. The molecule has 1 aliphatic heterocycles. The molecule has 2 N–H and O–H groups in total. The number of nitrogens with one attached hydrogen (secondary N) is 1. The van der Waals surface area contributed by atoms with Crippen molar-refractivity contribution in [2.75, 3.05) is 16.2 Å². The molecule has 2 unspecified atom stereocenters. The highest BCUT2D eigenvalue weighted by atomic mass is 32.2. The number of ether oxygens (including phenoxy) is 1. The summed E-state index contributed by atoms with van der Waals surface area (Å²) in [5.41, 5.74) is 5.28. The number of aromatic nitrogens is 1. The third-order valence-corrected chi connectivity index (χ3v) is 7.96. The van der Waals surface area contributed by atoms with Crippen LogP contribution in [0.3, 0.4) is 0 Å². The van der Waals surface area contributed by atoms with Gasteiger partial charge in [0.2, 0.25) is 5.84 Å². The van der Waals surface area contributed by atoms with Gasteiger partial charge in [0.1, 0.15) is 5.82 Å². The molecule has 43 heavy (non-hydrogen) atoms. The lowest BCUT2D eigenvalue weighted by molar-refractivity contribution is -0.135. The van der Waals surface area contributed by atoms with Crippen LogP contribution in [0.2, 0.25) is 0 Å². The van der Waals surface area contributed by atoms with Gasteiger partial charge in [-0.05, 0) is 55.7 Å². The number of aryl methyl sites for hydroxylation is 1. The first-order chi connectivity index (χ1) is 20.8. The number of hydrogen-bond acceptors (Lipinski definition) is 6. The van der Waals surface area contributed by atoms with Gasteiger partial charge in [0, 0.05) is 28.9 Å². The van der Waals surface area contributed by atoms with Crippen LogP contribution in [-0.4, -0.2) is 37.6 Å². The zero-order valence-corrected chi connectivity index (χ0v) is 25.1. The van der Waals surface area contributed by atoms with E-state index < -0.39 is 23.1 Å². The number of fused-ring (bicyclic) bond motifs is 1. The van der Waals surface area contributed by atoms with Gasteiger partial charge in [0.25, 0.3) is 17.2 Å². The van der Waals surface area contributed by atoms with Crippen molar-refractivity contribution in [2.24, 2.45) is 4.99 Å². The Morgan fingerprint density at radius 2 is 1.72 bits per heavy atom. The van der Waals surface area contributed by atoms with Crippen molar-refractivity contribution >= 4 is 40.5 Å². The van der Waals surface area contributed by atoms with Gasteiger partial charge < -0.3 is 14.6 Å². The monoisotopic (exact) mass is 598 g/mol. The second-order valence-corrected chi connectivity index (χ2v) is 11.0. The molecule has 0 bridgehead atoms. The summed E-state index contributed by atoms with van der Waals surface area (Å²) in [6, 6.07) is 25.3. The van der Waals surface area contributed by atoms with E-state index in [1.807, 2.05) is 43.3 Å². The van der Waals surface area contributed by atoms with Gasteiger partial charge in [-0.15, -0.1) is 0 Å². The molecule has 0 radical (unpaired) electrons. The minimum absolute atomic E-state index is 0.190.